The number of aliphatic hydroxyl groups excluding tert-OH is 1. The van der Waals surface area contributed by atoms with Crippen molar-refractivity contribution < 1.29 is 23.0 Å². The second-order valence-electron chi connectivity index (χ2n) is 8.29. The van der Waals surface area contributed by atoms with Gasteiger partial charge in [-0.25, -0.2) is 23.1 Å². The minimum absolute atomic E-state index is 0.0190. The van der Waals surface area contributed by atoms with Crippen LogP contribution in [0.25, 0.3) is 22.4 Å². The predicted octanol–water partition coefficient (Wildman–Crippen LogP) is 4.44. The van der Waals surface area contributed by atoms with Gasteiger partial charge in [0.25, 0.3) is 6.43 Å². The summed E-state index contributed by atoms with van der Waals surface area (Å²) in [4.78, 5) is 18.5. The van der Waals surface area contributed by atoms with Crippen LogP contribution in [-0.4, -0.2) is 51.3 Å². The van der Waals surface area contributed by atoms with Crippen molar-refractivity contribution in [3.05, 3.63) is 78.0 Å². The molecule has 1 aromatic carbocycles. The van der Waals surface area contributed by atoms with Crippen LogP contribution in [0.2, 0.25) is 0 Å². The van der Waals surface area contributed by atoms with Gasteiger partial charge in [-0.05, 0) is 61.0 Å². The van der Waals surface area contributed by atoms with Crippen LogP contribution in [-0.2, 0) is 0 Å². The van der Waals surface area contributed by atoms with Gasteiger partial charge in [0, 0.05) is 24.5 Å². The molecule has 0 fully saturated rings. The first-order chi connectivity index (χ1) is 17.8. The van der Waals surface area contributed by atoms with Gasteiger partial charge in [-0.1, -0.05) is 6.07 Å². The largest absolute Gasteiger partial charge is 0.475 e. The Kier molecular flexibility index (Phi) is 7.83. The van der Waals surface area contributed by atoms with Crippen molar-refractivity contribution in [3.63, 3.8) is 0 Å². The van der Waals surface area contributed by atoms with Crippen LogP contribution in [0.1, 0.15) is 17.8 Å². The molecular formula is C26H25F3N6O2. The van der Waals surface area contributed by atoms with Crippen molar-refractivity contribution in [2.75, 3.05) is 30.9 Å². The van der Waals surface area contributed by atoms with Gasteiger partial charge in [0.1, 0.15) is 23.9 Å². The summed E-state index contributed by atoms with van der Waals surface area (Å²) in [5, 5.41) is 10.0. The zero-order valence-corrected chi connectivity index (χ0v) is 20.1. The number of alkyl halides is 2. The van der Waals surface area contributed by atoms with Crippen LogP contribution < -0.4 is 15.4 Å². The van der Waals surface area contributed by atoms with Gasteiger partial charge >= 0.3 is 0 Å². The summed E-state index contributed by atoms with van der Waals surface area (Å²) in [5.41, 5.74) is 7.28. The smallest absolute Gasteiger partial charge is 0.280 e. The Labute approximate surface area is 211 Å². The quantitative estimate of drug-likeness (QED) is 0.340. The molecule has 3 aromatic heterocycles. The first-order valence-corrected chi connectivity index (χ1v) is 11.3. The fourth-order valence-electron chi connectivity index (χ4n) is 3.80. The molecule has 1 atom stereocenters. The van der Waals surface area contributed by atoms with Gasteiger partial charge in [-0.15, -0.1) is 0 Å². The molecule has 192 valence electrons. The Morgan fingerprint density at radius 1 is 1.03 bits per heavy atom. The number of anilines is 2. The van der Waals surface area contributed by atoms with Crippen LogP contribution in [0.4, 0.5) is 24.9 Å². The number of halogens is 3. The molecule has 4 aromatic rings. The average molecular weight is 511 g/mol. The lowest BCUT2D eigenvalue weighted by molar-refractivity contribution is 0.146. The van der Waals surface area contributed by atoms with Crippen molar-refractivity contribution >= 4 is 11.8 Å². The summed E-state index contributed by atoms with van der Waals surface area (Å²) >= 11 is 0. The minimum atomic E-state index is -2.81. The van der Waals surface area contributed by atoms with Gasteiger partial charge in [-0.2, -0.15) is 4.98 Å². The molecule has 0 saturated carbocycles. The highest BCUT2D eigenvalue weighted by Crippen LogP contribution is 2.39. The molecule has 37 heavy (non-hydrogen) atoms. The Bertz CT molecular complexity index is 1360. The molecule has 4 rings (SSSR count). The Morgan fingerprint density at radius 2 is 1.78 bits per heavy atom. The molecule has 0 amide bonds. The molecule has 11 heteroatoms. The number of nitrogens with zero attached hydrogens (tertiary/aromatic N) is 5. The molecule has 0 radical (unpaired) electrons. The number of hydrogen-bond acceptors (Lipinski definition) is 8. The zero-order chi connectivity index (χ0) is 26.5. The Hall–Kier alpha value is -4.25. The van der Waals surface area contributed by atoms with E-state index in [0.29, 0.717) is 22.6 Å². The molecule has 0 bridgehead atoms. The molecule has 0 aliphatic rings. The molecule has 0 saturated heterocycles. The number of likely N-dealkylation sites (N-methyl/N-ethyl adjacent to an activating group) is 1. The topological polar surface area (TPSA) is 110 Å². The van der Waals surface area contributed by atoms with E-state index in [1.165, 1.54) is 30.3 Å². The Morgan fingerprint density at radius 3 is 2.43 bits per heavy atom. The SMILES string of the molecule is Cc1cc(-c2c(OCC(CO)N(C)c3ccccn3)nc(N)nc2-c2ccc(F)cc2)cc(C(F)F)n1. The van der Waals surface area contributed by atoms with Gasteiger partial charge in [0.2, 0.25) is 11.8 Å². The maximum absolute atomic E-state index is 13.6. The number of nitrogens with two attached hydrogens (primary N) is 1. The minimum Gasteiger partial charge on any atom is -0.475 e. The van der Waals surface area contributed by atoms with Gasteiger partial charge in [0.05, 0.1) is 23.9 Å². The highest BCUT2D eigenvalue weighted by molar-refractivity contribution is 5.85. The third-order valence-corrected chi connectivity index (χ3v) is 5.68. The first-order valence-electron chi connectivity index (χ1n) is 11.3. The average Bonchev–Trinajstić information content (AvgIpc) is 2.89. The van der Waals surface area contributed by atoms with Crippen LogP contribution in [0, 0.1) is 12.7 Å². The highest BCUT2D eigenvalue weighted by atomic mass is 19.3. The molecule has 0 aliphatic heterocycles. The summed E-state index contributed by atoms with van der Waals surface area (Å²) in [6.07, 6.45) is -1.18. The van der Waals surface area contributed by atoms with E-state index in [9.17, 15) is 18.3 Å². The van der Waals surface area contributed by atoms with E-state index in [2.05, 4.69) is 19.9 Å². The van der Waals surface area contributed by atoms with E-state index >= 15 is 0 Å². The van der Waals surface area contributed by atoms with Crippen LogP contribution >= 0.6 is 0 Å². The number of aromatic nitrogens is 4. The van der Waals surface area contributed by atoms with Crippen LogP contribution in [0.3, 0.4) is 0 Å². The standard InChI is InChI=1S/C26H25F3N6O2/c1-15-11-17(12-20(32-15)24(28)29)22-23(16-6-8-18(27)9-7-16)33-26(30)34-25(22)37-14-19(13-36)35(2)21-5-3-4-10-31-21/h3-12,19,24,36H,13-14H2,1-2H3,(H2,30,33,34). The van der Waals surface area contributed by atoms with Crippen molar-refractivity contribution in [2.45, 2.75) is 19.4 Å². The van der Waals surface area contributed by atoms with E-state index in [-0.39, 0.29) is 36.3 Å². The number of ether oxygens (including phenoxy) is 1. The van der Waals surface area contributed by atoms with Crippen LogP contribution in [0.15, 0.2) is 60.8 Å². The molecule has 1 unspecified atom stereocenters. The third-order valence-electron chi connectivity index (χ3n) is 5.68. The summed E-state index contributed by atoms with van der Waals surface area (Å²) in [5.74, 6) is 0.0554. The van der Waals surface area contributed by atoms with E-state index in [1.807, 2.05) is 6.07 Å². The predicted molar refractivity (Wildman–Crippen MR) is 134 cm³/mol. The van der Waals surface area contributed by atoms with Gasteiger partial charge in [-0.3, -0.25) is 4.98 Å². The van der Waals surface area contributed by atoms with Crippen molar-refractivity contribution in [1.82, 2.24) is 19.9 Å². The molecular weight excluding hydrogens is 485 g/mol. The van der Waals surface area contributed by atoms with E-state index in [4.69, 9.17) is 10.5 Å². The summed E-state index contributed by atoms with van der Waals surface area (Å²) in [6, 6.07) is 13.2. The summed E-state index contributed by atoms with van der Waals surface area (Å²) in [6.45, 7) is 1.29. The highest BCUT2D eigenvalue weighted by Gasteiger charge is 2.23. The number of benzene rings is 1. The molecule has 3 heterocycles. The number of pyridine rings is 2. The second-order valence-corrected chi connectivity index (χ2v) is 8.29. The second kappa shape index (κ2) is 11.2. The fraction of sp³-hybridized carbons (Fsp3) is 0.231. The molecule has 0 aliphatic carbocycles. The van der Waals surface area contributed by atoms with Crippen molar-refractivity contribution in [1.29, 1.82) is 0 Å². The monoisotopic (exact) mass is 510 g/mol. The third kappa shape index (κ3) is 5.95. The van der Waals surface area contributed by atoms with E-state index in [0.717, 1.165) is 0 Å². The lowest BCUT2D eigenvalue weighted by Gasteiger charge is -2.27. The van der Waals surface area contributed by atoms with Crippen molar-refractivity contribution in [3.8, 4) is 28.3 Å². The number of rotatable bonds is 9. The fourth-order valence-corrected chi connectivity index (χ4v) is 3.80. The maximum atomic E-state index is 13.6. The molecule has 8 nitrogen and oxygen atoms in total. The normalized spacial score (nSPS) is 12.0. The number of nitrogen functional groups attached to an aromatic ring is 1. The molecule has 3 N–H and O–H groups in total. The lowest BCUT2D eigenvalue weighted by atomic mass is 9.99. The number of hydrogen-bond donors (Lipinski definition) is 2. The van der Waals surface area contributed by atoms with Gasteiger partial charge < -0.3 is 20.5 Å². The first kappa shape index (κ1) is 25.8. The number of aliphatic hydroxyl groups is 1. The van der Waals surface area contributed by atoms with Gasteiger partial charge in [0.15, 0.2) is 0 Å². The number of aryl methyl sites for hydroxylation is 1. The van der Waals surface area contributed by atoms with E-state index in [1.54, 1.807) is 43.3 Å². The summed E-state index contributed by atoms with van der Waals surface area (Å²) < 4.78 is 46.9. The zero-order valence-electron chi connectivity index (χ0n) is 20.1. The Balaban J connectivity index is 1.81. The van der Waals surface area contributed by atoms with Crippen LogP contribution in [0.5, 0.6) is 5.88 Å². The summed E-state index contributed by atoms with van der Waals surface area (Å²) in [7, 11) is 1.76. The molecule has 0 spiro atoms. The van der Waals surface area contributed by atoms with E-state index < -0.39 is 24.0 Å². The maximum Gasteiger partial charge on any atom is 0.280 e. The van der Waals surface area contributed by atoms with Crippen molar-refractivity contribution in [2.24, 2.45) is 0 Å². The lowest BCUT2D eigenvalue weighted by Crippen LogP contribution is -2.40.